The Labute approximate surface area is 102 Å². The lowest BCUT2D eigenvalue weighted by molar-refractivity contribution is 0.609. The SMILES string of the molecule is Cc1cc(-c2cc(S(=O)(=O)Cl)c(C)s2)n[nH]1. The molecule has 0 saturated carbocycles. The maximum Gasteiger partial charge on any atom is 0.262 e. The molecular formula is C9H9ClN2O2S2. The molecule has 2 heterocycles. The van der Waals surface area contributed by atoms with Crippen molar-refractivity contribution in [2.45, 2.75) is 18.7 Å². The van der Waals surface area contributed by atoms with Crippen LogP contribution in [-0.2, 0) is 9.05 Å². The highest BCUT2D eigenvalue weighted by Gasteiger charge is 2.18. The molecule has 2 aromatic heterocycles. The van der Waals surface area contributed by atoms with Crippen LogP contribution in [0.5, 0.6) is 0 Å². The quantitative estimate of drug-likeness (QED) is 0.858. The van der Waals surface area contributed by atoms with E-state index in [0.29, 0.717) is 4.88 Å². The second-order valence-corrected chi connectivity index (χ2v) is 7.20. The van der Waals surface area contributed by atoms with Gasteiger partial charge in [-0.2, -0.15) is 5.10 Å². The van der Waals surface area contributed by atoms with Gasteiger partial charge >= 0.3 is 0 Å². The summed E-state index contributed by atoms with van der Waals surface area (Å²) in [6.07, 6.45) is 0. The van der Waals surface area contributed by atoms with Crippen LogP contribution < -0.4 is 0 Å². The normalized spacial score (nSPS) is 11.9. The third-order valence-electron chi connectivity index (χ3n) is 2.09. The number of hydrogen-bond acceptors (Lipinski definition) is 4. The topological polar surface area (TPSA) is 62.8 Å². The zero-order valence-corrected chi connectivity index (χ0v) is 11.0. The van der Waals surface area contributed by atoms with E-state index in [4.69, 9.17) is 10.7 Å². The smallest absolute Gasteiger partial charge is 0.262 e. The number of aromatic nitrogens is 2. The molecule has 86 valence electrons. The van der Waals surface area contributed by atoms with Crippen LogP contribution >= 0.6 is 22.0 Å². The molecule has 0 unspecified atom stereocenters. The highest BCUT2D eigenvalue weighted by atomic mass is 35.7. The van der Waals surface area contributed by atoms with Crippen LogP contribution in [-0.4, -0.2) is 18.6 Å². The van der Waals surface area contributed by atoms with Crippen LogP contribution in [0.4, 0.5) is 0 Å². The first kappa shape index (κ1) is 11.6. The van der Waals surface area contributed by atoms with E-state index >= 15 is 0 Å². The van der Waals surface area contributed by atoms with Gasteiger partial charge in [-0.05, 0) is 26.0 Å². The van der Waals surface area contributed by atoms with Crippen molar-refractivity contribution in [3.05, 3.63) is 22.7 Å². The van der Waals surface area contributed by atoms with Gasteiger partial charge in [-0.1, -0.05) is 0 Å². The fourth-order valence-electron chi connectivity index (χ4n) is 1.38. The number of nitrogens with zero attached hydrogens (tertiary/aromatic N) is 1. The van der Waals surface area contributed by atoms with Crippen LogP contribution in [0.15, 0.2) is 17.0 Å². The minimum Gasteiger partial charge on any atom is -0.282 e. The van der Waals surface area contributed by atoms with E-state index in [1.54, 1.807) is 13.0 Å². The summed E-state index contributed by atoms with van der Waals surface area (Å²) in [5, 5.41) is 6.88. The Morgan fingerprint density at radius 3 is 2.50 bits per heavy atom. The van der Waals surface area contributed by atoms with Crippen LogP contribution in [0.3, 0.4) is 0 Å². The monoisotopic (exact) mass is 276 g/mol. The molecule has 4 nitrogen and oxygen atoms in total. The number of aryl methyl sites for hydroxylation is 2. The Hall–Kier alpha value is -0.850. The summed E-state index contributed by atoms with van der Waals surface area (Å²) in [4.78, 5) is 1.63. The van der Waals surface area contributed by atoms with Crippen molar-refractivity contribution < 1.29 is 8.42 Å². The second-order valence-electron chi connectivity index (χ2n) is 3.41. The van der Waals surface area contributed by atoms with Gasteiger partial charge in [0, 0.05) is 21.3 Å². The molecular weight excluding hydrogens is 268 g/mol. The van der Waals surface area contributed by atoms with Gasteiger partial charge in [-0.25, -0.2) is 8.42 Å². The predicted octanol–water partition coefficient (Wildman–Crippen LogP) is 2.68. The highest BCUT2D eigenvalue weighted by molar-refractivity contribution is 8.13. The Kier molecular flexibility index (Phi) is 2.81. The van der Waals surface area contributed by atoms with Crippen molar-refractivity contribution in [2.75, 3.05) is 0 Å². The fourth-order valence-corrected chi connectivity index (χ4v) is 4.00. The summed E-state index contributed by atoms with van der Waals surface area (Å²) in [6.45, 7) is 3.61. The summed E-state index contributed by atoms with van der Waals surface area (Å²) in [7, 11) is 1.65. The van der Waals surface area contributed by atoms with Gasteiger partial charge in [-0.15, -0.1) is 11.3 Å². The molecule has 1 N–H and O–H groups in total. The van der Waals surface area contributed by atoms with E-state index in [-0.39, 0.29) is 4.90 Å². The maximum absolute atomic E-state index is 11.2. The number of nitrogens with one attached hydrogen (secondary N) is 1. The van der Waals surface area contributed by atoms with Gasteiger partial charge in [-0.3, -0.25) is 5.10 Å². The van der Waals surface area contributed by atoms with E-state index in [0.717, 1.165) is 16.3 Å². The number of hydrogen-bond donors (Lipinski definition) is 1. The van der Waals surface area contributed by atoms with Gasteiger partial charge < -0.3 is 0 Å². The molecule has 0 bridgehead atoms. The molecule has 0 spiro atoms. The molecule has 16 heavy (non-hydrogen) atoms. The molecule has 0 aliphatic heterocycles. The van der Waals surface area contributed by atoms with Crippen molar-refractivity contribution in [3.63, 3.8) is 0 Å². The molecule has 0 amide bonds. The lowest BCUT2D eigenvalue weighted by Gasteiger charge is -1.89. The fraction of sp³-hybridized carbons (Fsp3) is 0.222. The Morgan fingerprint density at radius 2 is 2.06 bits per heavy atom. The number of aromatic amines is 1. The van der Waals surface area contributed by atoms with Crippen molar-refractivity contribution in [1.82, 2.24) is 10.2 Å². The number of rotatable bonds is 2. The Bertz CT molecular complexity index is 628. The average Bonchev–Trinajstić information content (AvgIpc) is 2.70. The van der Waals surface area contributed by atoms with Crippen LogP contribution in [0.1, 0.15) is 10.6 Å². The molecule has 2 aromatic rings. The van der Waals surface area contributed by atoms with Gasteiger partial charge in [0.05, 0.1) is 9.77 Å². The lowest BCUT2D eigenvalue weighted by atomic mass is 10.3. The first-order valence-electron chi connectivity index (χ1n) is 4.45. The van der Waals surface area contributed by atoms with Crippen LogP contribution in [0.25, 0.3) is 10.6 Å². The molecule has 0 saturated heterocycles. The van der Waals surface area contributed by atoms with E-state index in [1.807, 2.05) is 13.0 Å². The Morgan fingerprint density at radius 1 is 1.38 bits per heavy atom. The van der Waals surface area contributed by atoms with Crippen LogP contribution in [0, 0.1) is 13.8 Å². The number of thiophene rings is 1. The van der Waals surface area contributed by atoms with Crippen molar-refractivity contribution in [2.24, 2.45) is 0 Å². The number of H-pyrrole nitrogens is 1. The zero-order chi connectivity index (χ0) is 11.9. The van der Waals surface area contributed by atoms with E-state index in [1.165, 1.54) is 11.3 Å². The third kappa shape index (κ3) is 2.14. The maximum atomic E-state index is 11.2. The first-order chi connectivity index (χ1) is 7.38. The molecule has 0 aliphatic rings. The average molecular weight is 277 g/mol. The molecule has 0 aromatic carbocycles. The predicted molar refractivity (Wildman–Crippen MR) is 64.4 cm³/mol. The van der Waals surface area contributed by atoms with E-state index in [9.17, 15) is 8.42 Å². The minimum absolute atomic E-state index is 0.162. The summed E-state index contributed by atoms with van der Waals surface area (Å²) < 4.78 is 22.5. The van der Waals surface area contributed by atoms with Crippen molar-refractivity contribution in [3.8, 4) is 10.6 Å². The standard InChI is InChI=1S/C9H9ClN2O2S2/c1-5-3-7(12-11-5)8-4-9(6(2)15-8)16(10,13)14/h3-4H,1-2H3,(H,11,12). The van der Waals surface area contributed by atoms with Crippen molar-refractivity contribution >= 4 is 31.1 Å². The largest absolute Gasteiger partial charge is 0.282 e. The minimum atomic E-state index is -3.67. The van der Waals surface area contributed by atoms with Gasteiger partial charge in [0.25, 0.3) is 9.05 Å². The Balaban J connectivity index is 2.54. The molecule has 0 radical (unpaired) electrons. The van der Waals surface area contributed by atoms with E-state index < -0.39 is 9.05 Å². The van der Waals surface area contributed by atoms with Gasteiger partial charge in [0.2, 0.25) is 0 Å². The zero-order valence-electron chi connectivity index (χ0n) is 8.61. The molecule has 2 rings (SSSR count). The lowest BCUT2D eigenvalue weighted by Crippen LogP contribution is -1.88. The molecule has 0 aliphatic carbocycles. The van der Waals surface area contributed by atoms with E-state index in [2.05, 4.69) is 10.2 Å². The first-order valence-corrected chi connectivity index (χ1v) is 7.58. The van der Waals surface area contributed by atoms with Crippen molar-refractivity contribution in [1.29, 1.82) is 0 Å². The summed E-state index contributed by atoms with van der Waals surface area (Å²) in [5.41, 5.74) is 1.66. The van der Waals surface area contributed by atoms with Gasteiger partial charge in [0.15, 0.2) is 0 Å². The molecule has 0 atom stereocenters. The second kappa shape index (κ2) is 3.87. The van der Waals surface area contributed by atoms with Gasteiger partial charge in [0.1, 0.15) is 5.69 Å². The summed E-state index contributed by atoms with van der Waals surface area (Å²) in [6, 6.07) is 3.41. The van der Waals surface area contributed by atoms with Crippen LogP contribution in [0.2, 0.25) is 0 Å². The summed E-state index contributed by atoms with van der Waals surface area (Å²) in [5.74, 6) is 0. The molecule has 7 heteroatoms. The molecule has 0 fully saturated rings. The number of halogens is 1. The highest BCUT2D eigenvalue weighted by Crippen LogP contribution is 2.34. The third-order valence-corrected chi connectivity index (χ3v) is 4.74. The summed E-state index contributed by atoms with van der Waals surface area (Å²) >= 11 is 1.36.